The predicted molar refractivity (Wildman–Crippen MR) is 72.3 cm³/mol. The largest absolute Gasteiger partial charge is 0.497 e. The molecule has 0 unspecified atom stereocenters. The molecule has 20 heavy (non-hydrogen) atoms. The van der Waals surface area contributed by atoms with Crippen molar-refractivity contribution >= 4 is 5.69 Å². The highest BCUT2D eigenvalue weighted by Gasteiger charge is 2.15. The molecule has 0 amide bonds. The number of methoxy groups -OCH3 is 1. The van der Waals surface area contributed by atoms with Crippen molar-refractivity contribution < 1.29 is 4.74 Å². The van der Waals surface area contributed by atoms with Gasteiger partial charge in [-0.3, -0.25) is 4.68 Å². The number of hydrogen-bond donors (Lipinski definition) is 1. The number of nitrogens with zero attached hydrogens (tertiary/aromatic N) is 6. The van der Waals surface area contributed by atoms with E-state index in [1.54, 1.807) is 40.9 Å². The number of anilines is 1. The fourth-order valence-electron chi connectivity index (χ4n) is 1.90. The fraction of sp³-hybridized carbons (Fsp3) is 0.167. The van der Waals surface area contributed by atoms with Gasteiger partial charge in [-0.1, -0.05) is 0 Å². The Morgan fingerprint density at radius 2 is 2.15 bits per heavy atom. The van der Waals surface area contributed by atoms with Gasteiger partial charge < -0.3 is 10.5 Å². The summed E-state index contributed by atoms with van der Waals surface area (Å²) in [7, 11) is 3.42. The average molecular weight is 271 g/mol. The first-order valence-electron chi connectivity index (χ1n) is 5.90. The molecule has 0 saturated heterocycles. The summed E-state index contributed by atoms with van der Waals surface area (Å²) in [5.74, 6) is 1.23. The molecule has 0 fully saturated rings. The van der Waals surface area contributed by atoms with Crippen molar-refractivity contribution in [2.24, 2.45) is 7.05 Å². The van der Waals surface area contributed by atoms with Crippen molar-refractivity contribution in [2.45, 2.75) is 0 Å². The van der Waals surface area contributed by atoms with Crippen molar-refractivity contribution in [2.75, 3.05) is 12.8 Å². The first-order valence-corrected chi connectivity index (χ1v) is 5.90. The van der Waals surface area contributed by atoms with E-state index in [9.17, 15) is 0 Å². The van der Waals surface area contributed by atoms with E-state index in [1.165, 1.54) is 0 Å². The Kier molecular flexibility index (Phi) is 2.82. The minimum Gasteiger partial charge on any atom is -0.497 e. The normalized spacial score (nSPS) is 10.7. The van der Waals surface area contributed by atoms with Gasteiger partial charge in [-0.15, -0.1) is 5.10 Å². The molecule has 2 heterocycles. The van der Waals surface area contributed by atoms with Crippen LogP contribution in [0.3, 0.4) is 0 Å². The van der Waals surface area contributed by atoms with Crippen molar-refractivity contribution in [1.29, 1.82) is 0 Å². The smallest absolute Gasteiger partial charge is 0.189 e. The summed E-state index contributed by atoms with van der Waals surface area (Å²) in [5.41, 5.74) is 8.04. The maximum absolute atomic E-state index is 6.00. The second kappa shape index (κ2) is 4.65. The van der Waals surface area contributed by atoms with Gasteiger partial charge in [0.2, 0.25) is 0 Å². The summed E-state index contributed by atoms with van der Waals surface area (Å²) in [6.45, 7) is 0. The Morgan fingerprint density at radius 3 is 2.85 bits per heavy atom. The molecule has 3 aromatic rings. The molecule has 3 rings (SSSR count). The van der Waals surface area contributed by atoms with Gasteiger partial charge in [-0.25, -0.2) is 0 Å². The molecule has 2 aromatic heterocycles. The summed E-state index contributed by atoms with van der Waals surface area (Å²) in [6, 6.07) is 5.35. The predicted octanol–water partition coefficient (Wildman–Crippen LogP) is 0.654. The Balaban J connectivity index is 2.14. The molecule has 0 radical (unpaired) electrons. The lowest BCUT2D eigenvalue weighted by molar-refractivity contribution is 0.415. The molecule has 8 nitrogen and oxygen atoms in total. The lowest BCUT2D eigenvalue weighted by atomic mass is 10.1. The van der Waals surface area contributed by atoms with Crippen LogP contribution >= 0.6 is 0 Å². The molecule has 0 spiro atoms. The van der Waals surface area contributed by atoms with Crippen molar-refractivity contribution in [1.82, 2.24) is 30.0 Å². The molecule has 0 bridgehead atoms. The number of tetrazole rings is 1. The second-order valence-electron chi connectivity index (χ2n) is 4.24. The number of aryl methyl sites for hydroxylation is 1. The van der Waals surface area contributed by atoms with Crippen LogP contribution in [-0.2, 0) is 7.05 Å². The van der Waals surface area contributed by atoms with Gasteiger partial charge in [0.25, 0.3) is 0 Å². The average Bonchev–Trinajstić information content (AvgIpc) is 3.07. The van der Waals surface area contributed by atoms with Crippen LogP contribution in [-0.4, -0.2) is 37.1 Å². The first kappa shape index (κ1) is 12.2. The van der Waals surface area contributed by atoms with E-state index < -0.39 is 0 Å². The summed E-state index contributed by atoms with van der Waals surface area (Å²) in [4.78, 5) is 0. The van der Waals surface area contributed by atoms with Gasteiger partial charge in [0.05, 0.1) is 19.5 Å². The van der Waals surface area contributed by atoms with Gasteiger partial charge in [0.1, 0.15) is 11.4 Å². The number of ether oxygens (including phenoxy) is 1. The maximum atomic E-state index is 6.00. The van der Waals surface area contributed by atoms with E-state index >= 15 is 0 Å². The Bertz CT molecular complexity index is 746. The molecular weight excluding hydrogens is 258 g/mol. The highest BCUT2D eigenvalue weighted by Crippen LogP contribution is 2.29. The van der Waals surface area contributed by atoms with Crippen LogP contribution in [0.5, 0.6) is 5.75 Å². The van der Waals surface area contributed by atoms with Gasteiger partial charge in [-0.2, -0.15) is 9.78 Å². The molecule has 0 saturated carbocycles. The third-order valence-electron chi connectivity index (χ3n) is 2.91. The highest BCUT2D eigenvalue weighted by molar-refractivity contribution is 5.73. The Labute approximate surface area is 114 Å². The molecule has 0 atom stereocenters. The summed E-state index contributed by atoms with van der Waals surface area (Å²) >= 11 is 0. The Morgan fingerprint density at radius 1 is 1.30 bits per heavy atom. The monoisotopic (exact) mass is 271 g/mol. The number of rotatable bonds is 3. The van der Waals surface area contributed by atoms with Gasteiger partial charge in [0.15, 0.2) is 5.82 Å². The van der Waals surface area contributed by atoms with Crippen molar-refractivity contribution in [3.63, 3.8) is 0 Å². The summed E-state index contributed by atoms with van der Waals surface area (Å²) in [6.07, 6.45) is 3.49. The van der Waals surface area contributed by atoms with E-state index in [4.69, 9.17) is 10.5 Å². The van der Waals surface area contributed by atoms with E-state index in [2.05, 4.69) is 20.6 Å². The van der Waals surface area contributed by atoms with Gasteiger partial charge in [-0.05, 0) is 28.6 Å². The van der Waals surface area contributed by atoms with Gasteiger partial charge >= 0.3 is 0 Å². The first-order chi connectivity index (χ1) is 9.69. The zero-order valence-electron chi connectivity index (χ0n) is 11.1. The zero-order chi connectivity index (χ0) is 14.1. The van der Waals surface area contributed by atoms with Crippen molar-refractivity contribution in [3.8, 4) is 22.8 Å². The molecule has 8 heteroatoms. The third kappa shape index (κ3) is 1.96. The van der Waals surface area contributed by atoms with Crippen LogP contribution in [0.25, 0.3) is 17.1 Å². The van der Waals surface area contributed by atoms with E-state index in [0.717, 1.165) is 5.69 Å². The Hall–Kier alpha value is -2.90. The zero-order valence-corrected chi connectivity index (χ0v) is 11.1. The summed E-state index contributed by atoms with van der Waals surface area (Å²) < 4.78 is 8.47. The van der Waals surface area contributed by atoms with Crippen LogP contribution < -0.4 is 10.5 Å². The third-order valence-corrected chi connectivity index (χ3v) is 2.91. The number of nitrogens with two attached hydrogens (primary N) is 1. The standard InChI is InChI=1S/C12H13N7O/c1-18-7-8(6-14-18)19-12(15-16-17-19)10-5-9(20-2)3-4-11(10)13/h3-7H,13H2,1-2H3. The molecule has 0 aliphatic heterocycles. The highest BCUT2D eigenvalue weighted by atomic mass is 16.5. The molecule has 0 aliphatic carbocycles. The van der Waals surface area contributed by atoms with Crippen LogP contribution in [0.4, 0.5) is 5.69 Å². The number of nitrogen functional groups attached to an aromatic ring is 1. The molecular formula is C12H13N7O. The molecule has 0 aliphatic rings. The quantitative estimate of drug-likeness (QED) is 0.703. The minimum atomic E-state index is 0.536. The number of hydrogen-bond acceptors (Lipinski definition) is 6. The SMILES string of the molecule is COc1ccc(N)c(-c2nnnn2-c2cnn(C)c2)c1. The van der Waals surface area contributed by atoms with Gasteiger partial charge in [0, 0.05) is 18.3 Å². The van der Waals surface area contributed by atoms with Crippen LogP contribution in [0, 0.1) is 0 Å². The second-order valence-corrected chi connectivity index (χ2v) is 4.24. The lowest BCUT2D eigenvalue weighted by Crippen LogP contribution is -2.01. The van der Waals surface area contributed by atoms with Crippen LogP contribution in [0.1, 0.15) is 0 Å². The van der Waals surface area contributed by atoms with Crippen LogP contribution in [0.15, 0.2) is 30.6 Å². The maximum Gasteiger partial charge on any atom is 0.189 e. The number of benzene rings is 1. The fourth-order valence-corrected chi connectivity index (χ4v) is 1.90. The molecule has 102 valence electrons. The van der Waals surface area contributed by atoms with E-state index in [-0.39, 0.29) is 0 Å². The molecule has 1 aromatic carbocycles. The summed E-state index contributed by atoms with van der Waals surface area (Å²) in [5, 5.41) is 15.8. The van der Waals surface area contributed by atoms with Crippen LogP contribution in [0.2, 0.25) is 0 Å². The topological polar surface area (TPSA) is 96.7 Å². The van der Waals surface area contributed by atoms with Crippen molar-refractivity contribution in [3.05, 3.63) is 30.6 Å². The lowest BCUT2D eigenvalue weighted by Gasteiger charge is -2.07. The molecule has 2 N–H and O–H groups in total. The number of aromatic nitrogens is 6. The van der Waals surface area contributed by atoms with E-state index in [1.807, 2.05) is 13.2 Å². The van der Waals surface area contributed by atoms with E-state index in [0.29, 0.717) is 22.8 Å². The minimum absolute atomic E-state index is 0.536.